The molecule has 1 N–H and O–H groups in total. The SMILES string of the molecule is O=C(NCc1ccc(N2CCCCCC2)nc1)c1cc(-c2ccccc2F)on1. The second-order valence-electron chi connectivity index (χ2n) is 7.16. The Morgan fingerprint density at radius 2 is 1.90 bits per heavy atom. The van der Waals surface area contributed by atoms with Crippen molar-refractivity contribution in [2.24, 2.45) is 0 Å². The quantitative estimate of drug-likeness (QED) is 0.703. The summed E-state index contributed by atoms with van der Waals surface area (Å²) in [4.78, 5) is 19.2. The van der Waals surface area contributed by atoms with Gasteiger partial charge in [0.15, 0.2) is 11.5 Å². The summed E-state index contributed by atoms with van der Waals surface area (Å²) >= 11 is 0. The van der Waals surface area contributed by atoms with Gasteiger partial charge in [-0.2, -0.15) is 0 Å². The van der Waals surface area contributed by atoms with E-state index in [0.29, 0.717) is 6.54 Å². The van der Waals surface area contributed by atoms with Crippen LogP contribution in [0, 0.1) is 5.82 Å². The number of nitrogens with zero attached hydrogens (tertiary/aromatic N) is 3. The van der Waals surface area contributed by atoms with E-state index >= 15 is 0 Å². The Labute approximate surface area is 168 Å². The van der Waals surface area contributed by atoms with E-state index < -0.39 is 5.82 Å². The van der Waals surface area contributed by atoms with Gasteiger partial charge in [-0.25, -0.2) is 9.37 Å². The van der Waals surface area contributed by atoms with Gasteiger partial charge in [0.25, 0.3) is 5.91 Å². The third-order valence-electron chi connectivity index (χ3n) is 5.07. The van der Waals surface area contributed by atoms with Crippen LogP contribution in [-0.4, -0.2) is 29.1 Å². The molecule has 0 saturated carbocycles. The zero-order chi connectivity index (χ0) is 20.1. The lowest BCUT2D eigenvalue weighted by Gasteiger charge is -2.21. The van der Waals surface area contributed by atoms with Crippen molar-refractivity contribution in [2.75, 3.05) is 18.0 Å². The molecule has 0 unspecified atom stereocenters. The van der Waals surface area contributed by atoms with Crippen LogP contribution in [0.2, 0.25) is 0 Å². The van der Waals surface area contributed by atoms with Crippen molar-refractivity contribution >= 4 is 11.7 Å². The Balaban J connectivity index is 1.35. The number of anilines is 1. The molecule has 1 amide bonds. The maximum atomic E-state index is 13.8. The molecule has 6 nitrogen and oxygen atoms in total. The minimum atomic E-state index is -0.425. The zero-order valence-corrected chi connectivity index (χ0v) is 16.1. The fraction of sp³-hybridized carbons (Fsp3) is 0.318. The molecule has 4 rings (SSSR count). The normalized spacial score (nSPS) is 14.4. The van der Waals surface area contributed by atoms with E-state index in [2.05, 4.69) is 20.4 Å². The molecular weight excluding hydrogens is 371 g/mol. The van der Waals surface area contributed by atoms with Crippen molar-refractivity contribution in [2.45, 2.75) is 32.2 Å². The molecule has 3 heterocycles. The highest BCUT2D eigenvalue weighted by Gasteiger charge is 2.16. The minimum Gasteiger partial charge on any atom is -0.357 e. The molecule has 3 aromatic rings. The summed E-state index contributed by atoms with van der Waals surface area (Å²) in [5.41, 5.74) is 1.28. The summed E-state index contributed by atoms with van der Waals surface area (Å²) in [6.45, 7) is 2.41. The van der Waals surface area contributed by atoms with Gasteiger partial charge in [0.1, 0.15) is 11.6 Å². The van der Waals surface area contributed by atoms with Crippen LogP contribution in [0.15, 0.2) is 53.2 Å². The molecule has 1 saturated heterocycles. The maximum Gasteiger partial charge on any atom is 0.273 e. The predicted molar refractivity (Wildman–Crippen MR) is 108 cm³/mol. The van der Waals surface area contributed by atoms with Crippen LogP contribution in [0.5, 0.6) is 0 Å². The van der Waals surface area contributed by atoms with E-state index in [1.165, 1.54) is 37.8 Å². The molecule has 0 atom stereocenters. The number of halogens is 1. The van der Waals surface area contributed by atoms with E-state index in [9.17, 15) is 9.18 Å². The molecule has 0 spiro atoms. The van der Waals surface area contributed by atoms with Gasteiger partial charge in [-0.1, -0.05) is 36.2 Å². The van der Waals surface area contributed by atoms with E-state index in [1.54, 1.807) is 24.4 Å². The van der Waals surface area contributed by atoms with Gasteiger partial charge < -0.3 is 14.7 Å². The van der Waals surface area contributed by atoms with Gasteiger partial charge in [0.2, 0.25) is 0 Å². The van der Waals surface area contributed by atoms with Crippen molar-refractivity contribution in [3.05, 3.63) is 65.7 Å². The molecule has 2 aromatic heterocycles. The molecule has 7 heteroatoms. The Kier molecular flexibility index (Phi) is 5.84. The first-order valence-corrected chi connectivity index (χ1v) is 9.90. The second kappa shape index (κ2) is 8.86. The second-order valence-corrected chi connectivity index (χ2v) is 7.16. The molecule has 0 bridgehead atoms. The Morgan fingerprint density at radius 1 is 1.10 bits per heavy atom. The third-order valence-corrected chi connectivity index (χ3v) is 5.07. The summed E-state index contributed by atoms with van der Waals surface area (Å²) < 4.78 is 19.0. The summed E-state index contributed by atoms with van der Waals surface area (Å²) in [7, 11) is 0. The number of carbonyl (C=O) groups excluding carboxylic acids is 1. The average molecular weight is 394 g/mol. The van der Waals surface area contributed by atoms with Crippen LogP contribution in [0.1, 0.15) is 41.7 Å². The topological polar surface area (TPSA) is 71.3 Å². The van der Waals surface area contributed by atoms with Crippen LogP contribution in [0.4, 0.5) is 10.2 Å². The van der Waals surface area contributed by atoms with Crippen molar-refractivity contribution in [3.63, 3.8) is 0 Å². The van der Waals surface area contributed by atoms with Crippen LogP contribution in [0.25, 0.3) is 11.3 Å². The molecule has 0 aliphatic carbocycles. The minimum absolute atomic E-state index is 0.109. The maximum absolute atomic E-state index is 13.8. The van der Waals surface area contributed by atoms with E-state index in [0.717, 1.165) is 24.5 Å². The molecular formula is C22H23FN4O2. The van der Waals surface area contributed by atoms with Crippen LogP contribution in [-0.2, 0) is 6.54 Å². The predicted octanol–water partition coefficient (Wildman–Crippen LogP) is 4.19. The summed E-state index contributed by atoms with van der Waals surface area (Å²) in [5, 5.41) is 6.55. The first-order valence-electron chi connectivity index (χ1n) is 9.90. The fourth-order valence-corrected chi connectivity index (χ4v) is 3.45. The summed E-state index contributed by atoms with van der Waals surface area (Å²) in [5.74, 6) is 0.392. The standard InChI is InChI=1S/C22H23FN4O2/c23-18-8-4-3-7-17(18)20-13-19(26-29-20)22(28)25-15-16-9-10-21(24-14-16)27-11-5-1-2-6-12-27/h3-4,7-10,13-14H,1-2,5-6,11-12,15H2,(H,25,28). The average Bonchev–Trinajstić information content (AvgIpc) is 3.08. The van der Waals surface area contributed by atoms with Crippen molar-refractivity contribution in [1.82, 2.24) is 15.5 Å². The Bertz CT molecular complexity index is 963. The highest BCUT2D eigenvalue weighted by Crippen LogP contribution is 2.23. The molecule has 0 radical (unpaired) electrons. The lowest BCUT2D eigenvalue weighted by molar-refractivity contribution is 0.0942. The van der Waals surface area contributed by atoms with Gasteiger partial charge in [0, 0.05) is 31.9 Å². The van der Waals surface area contributed by atoms with Gasteiger partial charge in [-0.3, -0.25) is 4.79 Å². The van der Waals surface area contributed by atoms with E-state index in [-0.39, 0.29) is 22.9 Å². The summed E-state index contributed by atoms with van der Waals surface area (Å²) in [6, 6.07) is 11.6. The van der Waals surface area contributed by atoms with Crippen molar-refractivity contribution < 1.29 is 13.7 Å². The molecule has 1 fully saturated rings. The van der Waals surface area contributed by atoms with Gasteiger partial charge in [0.05, 0.1) is 5.56 Å². The number of rotatable bonds is 5. The van der Waals surface area contributed by atoms with Crippen molar-refractivity contribution in [1.29, 1.82) is 0 Å². The first-order chi connectivity index (χ1) is 14.2. The number of benzene rings is 1. The third kappa shape index (κ3) is 4.62. The van der Waals surface area contributed by atoms with Crippen molar-refractivity contribution in [3.8, 4) is 11.3 Å². The molecule has 1 aromatic carbocycles. The first kappa shape index (κ1) is 19.1. The number of pyridine rings is 1. The van der Waals surface area contributed by atoms with E-state index in [4.69, 9.17) is 4.52 Å². The zero-order valence-electron chi connectivity index (χ0n) is 16.1. The number of nitrogens with one attached hydrogen (secondary N) is 1. The van der Waals surface area contributed by atoms with Gasteiger partial charge >= 0.3 is 0 Å². The lowest BCUT2D eigenvalue weighted by Crippen LogP contribution is -2.25. The Morgan fingerprint density at radius 3 is 2.62 bits per heavy atom. The Hall–Kier alpha value is -3.22. The highest BCUT2D eigenvalue weighted by atomic mass is 19.1. The number of aromatic nitrogens is 2. The number of hydrogen-bond donors (Lipinski definition) is 1. The fourth-order valence-electron chi connectivity index (χ4n) is 3.45. The molecule has 1 aliphatic heterocycles. The molecule has 1 aliphatic rings. The number of carbonyl (C=O) groups is 1. The number of amides is 1. The van der Waals surface area contributed by atoms with Crippen LogP contribution in [0.3, 0.4) is 0 Å². The monoisotopic (exact) mass is 394 g/mol. The molecule has 29 heavy (non-hydrogen) atoms. The lowest BCUT2D eigenvalue weighted by atomic mass is 10.1. The molecule has 150 valence electrons. The van der Waals surface area contributed by atoms with Gasteiger partial charge in [-0.15, -0.1) is 0 Å². The van der Waals surface area contributed by atoms with E-state index in [1.807, 2.05) is 12.1 Å². The summed E-state index contributed by atoms with van der Waals surface area (Å²) in [6.07, 6.45) is 6.74. The van der Waals surface area contributed by atoms with Gasteiger partial charge in [-0.05, 0) is 36.6 Å². The number of hydrogen-bond acceptors (Lipinski definition) is 5. The van der Waals surface area contributed by atoms with Crippen LogP contribution >= 0.6 is 0 Å². The van der Waals surface area contributed by atoms with Crippen LogP contribution < -0.4 is 10.2 Å². The largest absolute Gasteiger partial charge is 0.357 e. The highest BCUT2D eigenvalue weighted by molar-refractivity contribution is 5.93. The smallest absolute Gasteiger partial charge is 0.273 e.